The average Bonchev–Trinajstić information content (AvgIpc) is 3.62. The molecule has 55 heavy (non-hydrogen) atoms. The van der Waals surface area contributed by atoms with Crippen LogP contribution in [0.5, 0.6) is 0 Å². The Morgan fingerprint density at radius 1 is 0.909 bits per heavy atom. The van der Waals surface area contributed by atoms with Gasteiger partial charge in [-0.3, -0.25) is 14.9 Å². The summed E-state index contributed by atoms with van der Waals surface area (Å²) in [5, 5.41) is 16.9. The molecule has 2 amide bonds. The molecule has 0 bridgehead atoms. The number of sulfonamides is 1. The van der Waals surface area contributed by atoms with E-state index in [9.17, 15) is 28.1 Å². The molecule has 0 fully saturated rings. The molecule has 1 aromatic heterocycles. The van der Waals surface area contributed by atoms with Crippen molar-refractivity contribution in [1.29, 1.82) is 0 Å². The zero-order valence-electron chi connectivity index (χ0n) is 32.6. The quantitative estimate of drug-likeness (QED) is 0.0614. The molecule has 0 aliphatic carbocycles. The van der Waals surface area contributed by atoms with Crippen molar-refractivity contribution < 1.29 is 32.1 Å². The van der Waals surface area contributed by atoms with Gasteiger partial charge < -0.3 is 19.8 Å². The molecule has 4 aromatic rings. The Labute approximate surface area is 329 Å². The number of thiophene rings is 1. The van der Waals surface area contributed by atoms with Gasteiger partial charge >= 0.3 is 6.09 Å². The molecule has 0 unspecified atom stereocenters. The molecule has 1 heterocycles. The number of hydrogen-bond acceptors (Lipinski definition) is 9. The molecular weight excluding hydrogens is 757 g/mol. The number of nitro groups is 1. The Morgan fingerprint density at radius 3 is 1.96 bits per heavy atom. The molecule has 296 valence electrons. The van der Waals surface area contributed by atoms with Crippen molar-refractivity contribution in [2.45, 2.75) is 82.2 Å². The van der Waals surface area contributed by atoms with Gasteiger partial charge in [0.05, 0.1) is 36.1 Å². The third-order valence-corrected chi connectivity index (χ3v) is 17.4. The monoisotopic (exact) mass is 808 g/mol. The zero-order valence-corrected chi connectivity index (χ0v) is 35.3. The number of carbonyl (C=O) groups excluding carboxylic acids is 2. The van der Waals surface area contributed by atoms with Crippen molar-refractivity contribution in [1.82, 2.24) is 14.9 Å². The molecular formula is C40H52N4O8S2Si. The fourth-order valence-electron chi connectivity index (χ4n) is 5.78. The van der Waals surface area contributed by atoms with Gasteiger partial charge in [0, 0.05) is 34.3 Å². The Balaban J connectivity index is 1.70. The third-order valence-electron chi connectivity index (χ3n) is 9.79. The summed E-state index contributed by atoms with van der Waals surface area (Å²) in [5.41, 5.74) is 1.44. The molecule has 0 saturated carbocycles. The zero-order chi connectivity index (χ0) is 40.6. The normalized spacial score (nSPS) is 13.4. The van der Waals surface area contributed by atoms with Crippen molar-refractivity contribution in [3.05, 3.63) is 128 Å². The summed E-state index contributed by atoms with van der Waals surface area (Å²) >= 11 is 1.36. The number of ether oxygens (including phenoxy) is 1. The maximum atomic E-state index is 14.4. The summed E-state index contributed by atoms with van der Waals surface area (Å²) < 4.78 is 41.8. The van der Waals surface area contributed by atoms with E-state index in [0.717, 1.165) is 16.0 Å². The Bertz CT molecular complexity index is 1960. The van der Waals surface area contributed by atoms with Crippen LogP contribution < -0.4 is 10.6 Å². The van der Waals surface area contributed by atoms with Gasteiger partial charge in [0.2, 0.25) is 15.9 Å². The third kappa shape index (κ3) is 11.1. The summed E-state index contributed by atoms with van der Waals surface area (Å²) in [6.45, 7) is 14.8. The van der Waals surface area contributed by atoms with E-state index in [4.69, 9.17) is 9.16 Å². The van der Waals surface area contributed by atoms with E-state index < -0.39 is 53.3 Å². The van der Waals surface area contributed by atoms with Crippen molar-refractivity contribution in [2.24, 2.45) is 5.92 Å². The van der Waals surface area contributed by atoms with Crippen LogP contribution in [-0.2, 0) is 30.5 Å². The number of methoxy groups -OCH3 is 1. The molecule has 0 radical (unpaired) electrons. The van der Waals surface area contributed by atoms with E-state index in [0.29, 0.717) is 4.88 Å². The van der Waals surface area contributed by atoms with Crippen LogP contribution in [0.3, 0.4) is 0 Å². The lowest BCUT2D eigenvalue weighted by atomic mass is 9.84. The minimum Gasteiger partial charge on any atom is -0.453 e. The van der Waals surface area contributed by atoms with Crippen LogP contribution >= 0.6 is 11.3 Å². The van der Waals surface area contributed by atoms with E-state index in [1.807, 2.05) is 86.6 Å². The number of alkyl carbamates (subject to hydrolysis) is 1. The SMILES string of the molecule is COC(=O)N[C@H](C(=O)NCc1ccc([C@@H](CO[Si](C)(C)C(C)(C)C)N(CC(C)C)S(=O)(=O)c2ccc([N+](=O)[O-])cc2)s1)C(c1ccccc1)c1ccccc1. The number of nitrogens with zero attached hydrogens (tertiary/aromatic N) is 2. The summed E-state index contributed by atoms with van der Waals surface area (Å²) in [6, 6.07) is 25.7. The number of nitrogens with one attached hydrogen (secondary N) is 2. The second-order valence-corrected chi connectivity index (χ2v) is 23.1. The molecule has 4 rings (SSSR count). The number of non-ortho nitro benzene ring substituents is 1. The molecule has 0 aliphatic heterocycles. The number of hydrogen-bond donors (Lipinski definition) is 2. The molecule has 0 aliphatic rings. The van der Waals surface area contributed by atoms with Gasteiger partial charge in [0.25, 0.3) is 5.69 Å². The maximum absolute atomic E-state index is 14.4. The minimum absolute atomic E-state index is 0.0596. The van der Waals surface area contributed by atoms with E-state index in [-0.39, 0.29) is 41.2 Å². The van der Waals surface area contributed by atoms with Gasteiger partial charge in [-0.2, -0.15) is 4.31 Å². The topological polar surface area (TPSA) is 157 Å². The van der Waals surface area contributed by atoms with Gasteiger partial charge in [0.1, 0.15) is 6.04 Å². The first-order chi connectivity index (χ1) is 25.9. The predicted molar refractivity (Wildman–Crippen MR) is 218 cm³/mol. The van der Waals surface area contributed by atoms with Crippen LogP contribution in [0.25, 0.3) is 0 Å². The molecule has 0 spiro atoms. The van der Waals surface area contributed by atoms with E-state index >= 15 is 0 Å². The predicted octanol–water partition coefficient (Wildman–Crippen LogP) is 8.24. The standard InChI is InChI=1S/C40H52N4O8S2Si/c1-28(2)26-43(54(49,50)33-22-19-31(20-23-33)44(47)48)34(27-52-55(7,8)40(3,4)5)35-24-21-32(53-35)25-41-38(45)37(42-39(46)51-6)36(29-15-11-9-12-16-29)30-17-13-10-14-18-30/h9-24,28,34,36-37H,25-27H2,1-8H3,(H,41,45)(H,42,46)/t34-,37+/m1/s1. The van der Waals surface area contributed by atoms with Crippen LogP contribution in [0, 0.1) is 16.0 Å². The summed E-state index contributed by atoms with van der Waals surface area (Å²) in [5.74, 6) is -1.03. The Hall–Kier alpha value is -4.41. The van der Waals surface area contributed by atoms with Gasteiger partial charge in [-0.05, 0) is 59.4 Å². The summed E-state index contributed by atoms with van der Waals surface area (Å²) in [7, 11) is -5.28. The van der Waals surface area contributed by atoms with E-state index in [1.165, 1.54) is 47.0 Å². The lowest BCUT2D eigenvalue weighted by Gasteiger charge is -2.39. The number of carbonyl (C=O) groups is 2. The lowest BCUT2D eigenvalue weighted by Crippen LogP contribution is -2.50. The number of benzene rings is 3. The first-order valence-electron chi connectivity index (χ1n) is 18.1. The Kier molecular flexibility index (Phi) is 14.6. The average molecular weight is 809 g/mol. The van der Waals surface area contributed by atoms with Crippen LogP contribution in [0.1, 0.15) is 67.5 Å². The van der Waals surface area contributed by atoms with Gasteiger partial charge in [-0.15, -0.1) is 11.3 Å². The fourth-order valence-corrected chi connectivity index (χ4v) is 9.66. The smallest absolute Gasteiger partial charge is 0.407 e. The van der Waals surface area contributed by atoms with Crippen LogP contribution in [0.2, 0.25) is 18.1 Å². The Morgan fingerprint density at radius 2 is 1.47 bits per heavy atom. The molecule has 2 atom stereocenters. The number of rotatable bonds is 17. The number of amides is 2. The highest BCUT2D eigenvalue weighted by Gasteiger charge is 2.41. The van der Waals surface area contributed by atoms with Crippen LogP contribution in [0.15, 0.2) is 102 Å². The molecule has 12 nitrogen and oxygen atoms in total. The number of nitro benzene ring substituents is 1. The van der Waals surface area contributed by atoms with Crippen LogP contribution in [0.4, 0.5) is 10.5 Å². The highest BCUT2D eigenvalue weighted by molar-refractivity contribution is 7.89. The lowest BCUT2D eigenvalue weighted by molar-refractivity contribution is -0.384. The van der Waals surface area contributed by atoms with Crippen molar-refractivity contribution >= 4 is 47.4 Å². The van der Waals surface area contributed by atoms with E-state index in [2.05, 4.69) is 44.5 Å². The largest absolute Gasteiger partial charge is 0.453 e. The molecule has 2 N–H and O–H groups in total. The van der Waals surface area contributed by atoms with Crippen LogP contribution in [-0.4, -0.2) is 64.3 Å². The van der Waals surface area contributed by atoms with Crippen molar-refractivity contribution in [3.8, 4) is 0 Å². The van der Waals surface area contributed by atoms with Crippen molar-refractivity contribution in [2.75, 3.05) is 20.3 Å². The van der Waals surface area contributed by atoms with Gasteiger partial charge in [-0.1, -0.05) is 95.3 Å². The molecule has 15 heteroatoms. The first-order valence-corrected chi connectivity index (χ1v) is 23.2. The first kappa shape index (κ1) is 43.3. The minimum atomic E-state index is -4.16. The maximum Gasteiger partial charge on any atom is 0.407 e. The van der Waals surface area contributed by atoms with E-state index in [1.54, 1.807) is 0 Å². The second kappa shape index (κ2) is 18.5. The van der Waals surface area contributed by atoms with Crippen molar-refractivity contribution in [3.63, 3.8) is 0 Å². The summed E-state index contributed by atoms with van der Waals surface area (Å²) in [4.78, 5) is 38.9. The molecule has 0 saturated heterocycles. The second-order valence-electron chi connectivity index (χ2n) is 15.2. The summed E-state index contributed by atoms with van der Waals surface area (Å²) in [6.07, 6.45) is -0.750. The van der Waals surface area contributed by atoms with Gasteiger partial charge in [0.15, 0.2) is 8.32 Å². The highest BCUT2D eigenvalue weighted by Crippen LogP contribution is 2.40. The fraction of sp³-hybridized carbons (Fsp3) is 0.400. The van der Waals surface area contributed by atoms with Gasteiger partial charge in [-0.25, -0.2) is 13.2 Å². The highest BCUT2D eigenvalue weighted by atomic mass is 32.2. The molecule has 3 aromatic carbocycles.